The second-order valence-corrected chi connectivity index (χ2v) is 3.78. The monoisotopic (exact) mass is 150 g/mol. The Labute approximate surface area is 67.5 Å². The van der Waals surface area contributed by atoms with E-state index >= 15 is 0 Å². The molecule has 0 aromatic heterocycles. The Balaban J connectivity index is 2.19. The summed E-state index contributed by atoms with van der Waals surface area (Å²) in [4.78, 5) is 10.7. The number of hydrogen-bond acceptors (Lipinski definition) is 1. The fourth-order valence-electron chi connectivity index (χ4n) is 2.34. The molecule has 0 N–H and O–H groups in total. The molecule has 0 spiro atoms. The minimum absolute atomic E-state index is 0.340. The zero-order valence-corrected chi connectivity index (χ0v) is 6.70. The summed E-state index contributed by atoms with van der Waals surface area (Å²) in [5, 5.41) is 0. The maximum Gasteiger partial charge on any atom is 0.123 e. The van der Waals surface area contributed by atoms with Crippen molar-refractivity contribution in [2.24, 2.45) is 17.8 Å². The number of carbonyl (C=O) groups is 1. The molecular formula is C10H14O. The Bertz CT molecular complexity index is 183. The number of rotatable bonds is 1. The van der Waals surface area contributed by atoms with Gasteiger partial charge in [-0.25, -0.2) is 0 Å². The van der Waals surface area contributed by atoms with Gasteiger partial charge in [0.15, 0.2) is 0 Å². The summed E-state index contributed by atoms with van der Waals surface area (Å²) in [7, 11) is 0. The van der Waals surface area contributed by atoms with Crippen LogP contribution in [0.3, 0.4) is 0 Å². The Hall–Kier alpha value is -0.590. The second-order valence-electron chi connectivity index (χ2n) is 3.78. The van der Waals surface area contributed by atoms with Crippen molar-refractivity contribution in [3.8, 4) is 0 Å². The molecule has 3 aliphatic carbocycles. The van der Waals surface area contributed by atoms with Crippen molar-refractivity contribution in [2.75, 3.05) is 0 Å². The second kappa shape index (κ2) is 2.80. The molecule has 3 atom stereocenters. The van der Waals surface area contributed by atoms with Gasteiger partial charge < -0.3 is 4.79 Å². The molecule has 0 radical (unpaired) electrons. The molecule has 0 saturated heterocycles. The Kier molecular flexibility index (Phi) is 1.80. The number of fused-ring (bicyclic) bond motifs is 3. The van der Waals surface area contributed by atoms with Gasteiger partial charge in [0.2, 0.25) is 0 Å². The lowest BCUT2D eigenvalue weighted by atomic mass is 9.81. The molecule has 0 heterocycles. The lowest BCUT2D eigenvalue weighted by molar-refractivity contribution is -0.112. The summed E-state index contributed by atoms with van der Waals surface area (Å²) in [6.45, 7) is 0. The third-order valence-corrected chi connectivity index (χ3v) is 3.04. The summed E-state index contributed by atoms with van der Waals surface area (Å²) in [6.07, 6.45) is 10.7. The average Bonchev–Trinajstić information content (AvgIpc) is 2.37. The molecule has 0 aromatic carbocycles. The van der Waals surface area contributed by atoms with Crippen molar-refractivity contribution >= 4 is 6.29 Å². The molecule has 1 heteroatoms. The summed E-state index contributed by atoms with van der Waals surface area (Å²) in [5.41, 5.74) is 0. The van der Waals surface area contributed by atoms with Gasteiger partial charge in [-0.1, -0.05) is 18.6 Å². The Morgan fingerprint density at radius 2 is 2.18 bits per heavy atom. The summed E-state index contributed by atoms with van der Waals surface area (Å²) < 4.78 is 0. The predicted molar refractivity (Wildman–Crippen MR) is 44.1 cm³/mol. The van der Waals surface area contributed by atoms with Crippen LogP contribution in [0.5, 0.6) is 0 Å². The topological polar surface area (TPSA) is 17.1 Å². The number of allylic oxidation sites excluding steroid dienone is 2. The van der Waals surface area contributed by atoms with Crippen molar-refractivity contribution in [1.82, 2.24) is 0 Å². The molecule has 0 aromatic rings. The van der Waals surface area contributed by atoms with E-state index in [9.17, 15) is 4.79 Å². The van der Waals surface area contributed by atoms with E-state index < -0.39 is 0 Å². The van der Waals surface area contributed by atoms with Crippen LogP contribution in [0.4, 0.5) is 0 Å². The van der Waals surface area contributed by atoms with E-state index in [2.05, 4.69) is 12.2 Å². The Morgan fingerprint density at radius 1 is 1.27 bits per heavy atom. The van der Waals surface area contributed by atoms with E-state index in [1.54, 1.807) is 0 Å². The van der Waals surface area contributed by atoms with Crippen LogP contribution in [-0.2, 0) is 4.79 Å². The normalized spacial score (nSPS) is 42.0. The molecule has 1 nitrogen and oxygen atoms in total. The average molecular weight is 150 g/mol. The molecule has 2 bridgehead atoms. The van der Waals surface area contributed by atoms with Crippen LogP contribution >= 0.6 is 0 Å². The lowest BCUT2D eigenvalue weighted by Gasteiger charge is -2.22. The van der Waals surface area contributed by atoms with E-state index in [1.807, 2.05) is 0 Å². The predicted octanol–water partition coefficient (Wildman–Crippen LogP) is 2.18. The minimum atomic E-state index is 0.340. The standard InChI is InChI=1S/C10H14O/c11-7-10-6-8-2-1-3-9(10)5-4-8/h4-5,7-10H,1-3,6H2/t8-,9+,10-/m1/s1. The van der Waals surface area contributed by atoms with Crippen LogP contribution in [0, 0.1) is 17.8 Å². The first-order valence-electron chi connectivity index (χ1n) is 4.54. The first-order valence-corrected chi connectivity index (χ1v) is 4.54. The highest BCUT2D eigenvalue weighted by molar-refractivity contribution is 5.55. The summed E-state index contributed by atoms with van der Waals surface area (Å²) in [6, 6.07) is 0. The zero-order valence-electron chi connectivity index (χ0n) is 6.70. The van der Waals surface area contributed by atoms with Crippen molar-refractivity contribution in [3.63, 3.8) is 0 Å². The van der Waals surface area contributed by atoms with Crippen LogP contribution in [0.15, 0.2) is 12.2 Å². The zero-order chi connectivity index (χ0) is 7.68. The van der Waals surface area contributed by atoms with Crippen LogP contribution in [0.2, 0.25) is 0 Å². The van der Waals surface area contributed by atoms with Crippen molar-refractivity contribution < 1.29 is 4.79 Å². The first kappa shape index (κ1) is 7.08. The van der Waals surface area contributed by atoms with Gasteiger partial charge in [0, 0.05) is 5.92 Å². The van der Waals surface area contributed by atoms with E-state index in [0.717, 1.165) is 12.7 Å². The van der Waals surface area contributed by atoms with Gasteiger partial charge in [-0.2, -0.15) is 0 Å². The fraction of sp³-hybridized carbons (Fsp3) is 0.700. The number of carbonyl (C=O) groups excluding carboxylic acids is 1. The smallest absolute Gasteiger partial charge is 0.123 e. The van der Waals surface area contributed by atoms with Gasteiger partial charge in [-0.15, -0.1) is 0 Å². The fourth-order valence-corrected chi connectivity index (χ4v) is 2.34. The van der Waals surface area contributed by atoms with Crippen LogP contribution in [0.1, 0.15) is 25.7 Å². The molecule has 0 unspecified atom stereocenters. The highest BCUT2D eigenvalue weighted by Gasteiger charge is 2.28. The van der Waals surface area contributed by atoms with Gasteiger partial charge >= 0.3 is 0 Å². The maximum absolute atomic E-state index is 10.7. The molecule has 11 heavy (non-hydrogen) atoms. The van der Waals surface area contributed by atoms with Gasteiger partial charge in [0.25, 0.3) is 0 Å². The molecular weight excluding hydrogens is 136 g/mol. The molecule has 0 aliphatic heterocycles. The Morgan fingerprint density at radius 3 is 3.00 bits per heavy atom. The molecule has 0 amide bonds. The highest BCUT2D eigenvalue weighted by Crippen LogP contribution is 2.37. The van der Waals surface area contributed by atoms with E-state index in [0.29, 0.717) is 17.8 Å². The summed E-state index contributed by atoms with van der Waals surface area (Å²) >= 11 is 0. The number of hydrogen-bond donors (Lipinski definition) is 0. The summed E-state index contributed by atoms with van der Waals surface area (Å²) in [5.74, 6) is 1.63. The van der Waals surface area contributed by atoms with Gasteiger partial charge in [-0.05, 0) is 31.1 Å². The largest absolute Gasteiger partial charge is 0.303 e. The molecule has 60 valence electrons. The number of aldehydes is 1. The van der Waals surface area contributed by atoms with Crippen molar-refractivity contribution in [2.45, 2.75) is 25.7 Å². The quantitative estimate of drug-likeness (QED) is 0.413. The SMILES string of the molecule is O=C[C@H]1C[C@H]2C=C[C@@H]1CCC2. The molecule has 3 rings (SSSR count). The third-order valence-electron chi connectivity index (χ3n) is 3.04. The van der Waals surface area contributed by atoms with Crippen LogP contribution in [0.25, 0.3) is 0 Å². The molecule has 1 fully saturated rings. The highest BCUT2D eigenvalue weighted by atomic mass is 16.1. The van der Waals surface area contributed by atoms with E-state index in [4.69, 9.17) is 0 Å². The lowest BCUT2D eigenvalue weighted by Crippen LogP contribution is -2.18. The minimum Gasteiger partial charge on any atom is -0.303 e. The van der Waals surface area contributed by atoms with Gasteiger partial charge in [-0.3, -0.25) is 0 Å². The van der Waals surface area contributed by atoms with E-state index in [-0.39, 0.29) is 0 Å². The maximum atomic E-state index is 10.7. The van der Waals surface area contributed by atoms with Crippen LogP contribution in [-0.4, -0.2) is 6.29 Å². The van der Waals surface area contributed by atoms with Crippen LogP contribution < -0.4 is 0 Å². The first-order chi connectivity index (χ1) is 5.40. The van der Waals surface area contributed by atoms with Crippen molar-refractivity contribution in [3.05, 3.63) is 12.2 Å². The van der Waals surface area contributed by atoms with E-state index in [1.165, 1.54) is 19.3 Å². The molecule has 1 saturated carbocycles. The van der Waals surface area contributed by atoms with Gasteiger partial charge in [0.05, 0.1) is 0 Å². The van der Waals surface area contributed by atoms with Gasteiger partial charge in [0.1, 0.15) is 6.29 Å². The molecule has 3 aliphatic rings. The van der Waals surface area contributed by atoms with Crippen molar-refractivity contribution in [1.29, 1.82) is 0 Å². The third kappa shape index (κ3) is 1.24.